The number of morpholine rings is 1. The van der Waals surface area contributed by atoms with Gasteiger partial charge in [-0.2, -0.15) is 0 Å². The first-order valence-electron chi connectivity index (χ1n) is 10.4. The standard InChI is InChI=1S/C22H23N3O6S2/c1-29-15-3-5-17(18(13-15)25(27)28)19-6-4-16(31-19)14-20-21(26)24(22(32)33-20)8-2-7-23-9-11-30-12-10-23/h3-6,13-14H,2,7-12H2,1H3/b20-14-. The van der Waals surface area contributed by atoms with E-state index in [2.05, 4.69) is 4.90 Å². The molecular formula is C22H23N3O6S2. The van der Waals surface area contributed by atoms with Gasteiger partial charge in [0, 0.05) is 32.3 Å². The molecule has 1 aromatic carbocycles. The third-order valence-electron chi connectivity index (χ3n) is 5.40. The molecule has 174 valence electrons. The Morgan fingerprint density at radius 2 is 2.03 bits per heavy atom. The summed E-state index contributed by atoms with van der Waals surface area (Å²) in [7, 11) is 1.45. The molecule has 2 fully saturated rings. The number of ether oxygens (including phenoxy) is 2. The van der Waals surface area contributed by atoms with E-state index in [1.165, 1.54) is 24.9 Å². The molecule has 2 saturated heterocycles. The maximum absolute atomic E-state index is 12.9. The summed E-state index contributed by atoms with van der Waals surface area (Å²) in [5.41, 5.74) is 0.206. The van der Waals surface area contributed by atoms with Gasteiger partial charge in [0.05, 0.1) is 41.8 Å². The van der Waals surface area contributed by atoms with Gasteiger partial charge in [0.15, 0.2) is 0 Å². The van der Waals surface area contributed by atoms with Gasteiger partial charge in [-0.15, -0.1) is 0 Å². The summed E-state index contributed by atoms with van der Waals surface area (Å²) in [5.74, 6) is 0.982. The van der Waals surface area contributed by atoms with E-state index in [-0.39, 0.29) is 11.6 Å². The van der Waals surface area contributed by atoms with Crippen LogP contribution in [0, 0.1) is 10.1 Å². The Bertz CT molecular complexity index is 1090. The van der Waals surface area contributed by atoms with Gasteiger partial charge in [-0.25, -0.2) is 0 Å². The maximum atomic E-state index is 12.9. The van der Waals surface area contributed by atoms with Crippen LogP contribution in [0.15, 0.2) is 39.7 Å². The van der Waals surface area contributed by atoms with Crippen molar-refractivity contribution < 1.29 is 23.6 Å². The number of benzene rings is 1. The minimum atomic E-state index is -0.484. The van der Waals surface area contributed by atoms with Crippen molar-refractivity contribution in [3.63, 3.8) is 0 Å². The fourth-order valence-corrected chi connectivity index (χ4v) is 4.96. The number of nitrogens with zero attached hydrogens (tertiary/aromatic N) is 3. The minimum absolute atomic E-state index is 0.123. The van der Waals surface area contributed by atoms with E-state index in [0.29, 0.717) is 38.6 Å². The van der Waals surface area contributed by atoms with Crippen LogP contribution in [0.1, 0.15) is 12.2 Å². The van der Waals surface area contributed by atoms with Crippen molar-refractivity contribution >= 4 is 46.0 Å². The van der Waals surface area contributed by atoms with Gasteiger partial charge in [0.25, 0.3) is 11.6 Å². The Labute approximate surface area is 200 Å². The topological polar surface area (TPSA) is 98.3 Å². The molecule has 0 spiro atoms. The molecule has 0 aliphatic carbocycles. The summed E-state index contributed by atoms with van der Waals surface area (Å²) < 4.78 is 16.8. The van der Waals surface area contributed by atoms with Crippen LogP contribution < -0.4 is 4.74 Å². The number of thiocarbonyl (C=S) groups is 1. The number of furan rings is 1. The molecule has 33 heavy (non-hydrogen) atoms. The first-order valence-corrected chi connectivity index (χ1v) is 11.7. The van der Waals surface area contributed by atoms with Crippen molar-refractivity contribution in [2.24, 2.45) is 0 Å². The fourth-order valence-electron chi connectivity index (χ4n) is 3.67. The first-order chi connectivity index (χ1) is 16.0. The van der Waals surface area contributed by atoms with Gasteiger partial charge in [-0.05, 0) is 30.7 Å². The summed E-state index contributed by atoms with van der Waals surface area (Å²) >= 11 is 6.64. The molecule has 11 heteroatoms. The highest BCUT2D eigenvalue weighted by atomic mass is 32.2. The van der Waals surface area contributed by atoms with Gasteiger partial charge in [0.2, 0.25) is 0 Å². The average molecular weight is 490 g/mol. The molecule has 0 N–H and O–H groups in total. The number of nitro benzene ring substituents is 1. The molecule has 1 amide bonds. The van der Waals surface area contributed by atoms with Crippen molar-refractivity contribution in [2.45, 2.75) is 6.42 Å². The highest BCUT2D eigenvalue weighted by Crippen LogP contribution is 2.36. The Kier molecular flexibility index (Phi) is 7.43. The number of rotatable bonds is 8. The van der Waals surface area contributed by atoms with Gasteiger partial charge < -0.3 is 13.9 Å². The SMILES string of the molecule is COc1ccc(-c2ccc(/C=C3\SC(=S)N(CCCN4CCOCC4)C3=O)o2)c([N+](=O)[O-])c1. The summed E-state index contributed by atoms with van der Waals surface area (Å²) in [4.78, 5) is 28.3. The van der Waals surface area contributed by atoms with Crippen molar-refractivity contribution in [1.29, 1.82) is 0 Å². The third-order valence-corrected chi connectivity index (χ3v) is 6.78. The number of carbonyl (C=O) groups is 1. The largest absolute Gasteiger partial charge is 0.497 e. The first kappa shape index (κ1) is 23.4. The van der Waals surface area contributed by atoms with Gasteiger partial charge in [0.1, 0.15) is 21.6 Å². The second kappa shape index (κ2) is 10.5. The zero-order chi connectivity index (χ0) is 23.4. The quantitative estimate of drug-likeness (QED) is 0.237. The van der Waals surface area contributed by atoms with Crippen molar-refractivity contribution in [3.8, 4) is 17.1 Å². The van der Waals surface area contributed by atoms with Crippen LogP contribution in [-0.2, 0) is 9.53 Å². The Morgan fingerprint density at radius 1 is 1.24 bits per heavy atom. The number of methoxy groups -OCH3 is 1. The molecule has 2 aromatic rings. The van der Waals surface area contributed by atoms with Crippen LogP contribution in [-0.4, -0.2) is 71.5 Å². The van der Waals surface area contributed by atoms with E-state index in [9.17, 15) is 14.9 Å². The predicted molar refractivity (Wildman–Crippen MR) is 129 cm³/mol. The lowest BCUT2D eigenvalue weighted by Crippen LogP contribution is -2.38. The van der Waals surface area contributed by atoms with Gasteiger partial charge in [-0.1, -0.05) is 24.0 Å². The fraction of sp³-hybridized carbons (Fsp3) is 0.364. The van der Waals surface area contributed by atoms with Gasteiger partial charge in [-0.3, -0.25) is 24.7 Å². The lowest BCUT2D eigenvalue weighted by Gasteiger charge is -2.27. The van der Waals surface area contributed by atoms with Crippen LogP contribution in [0.3, 0.4) is 0 Å². The number of thioether (sulfide) groups is 1. The van der Waals surface area contributed by atoms with Crippen LogP contribution in [0.4, 0.5) is 5.69 Å². The number of hydrogen-bond acceptors (Lipinski definition) is 9. The second-order valence-corrected chi connectivity index (χ2v) is 9.16. The molecule has 9 nitrogen and oxygen atoms in total. The van der Waals surface area contributed by atoms with E-state index in [1.54, 1.807) is 35.2 Å². The highest BCUT2D eigenvalue weighted by molar-refractivity contribution is 8.26. The molecule has 2 aliphatic rings. The second-order valence-electron chi connectivity index (χ2n) is 7.48. The lowest BCUT2D eigenvalue weighted by molar-refractivity contribution is -0.384. The van der Waals surface area contributed by atoms with Crippen molar-refractivity contribution in [2.75, 3.05) is 46.5 Å². The normalized spacial score (nSPS) is 18.3. The molecule has 0 bridgehead atoms. The third kappa shape index (κ3) is 5.44. The summed E-state index contributed by atoms with van der Waals surface area (Å²) in [6, 6.07) is 7.87. The highest BCUT2D eigenvalue weighted by Gasteiger charge is 2.32. The minimum Gasteiger partial charge on any atom is -0.497 e. The van der Waals surface area contributed by atoms with E-state index in [4.69, 9.17) is 26.1 Å². The Hall–Kier alpha value is -2.73. The van der Waals surface area contributed by atoms with Crippen LogP contribution in [0.2, 0.25) is 0 Å². The number of amides is 1. The number of carbonyl (C=O) groups excluding carboxylic acids is 1. The van der Waals surface area contributed by atoms with Crippen LogP contribution in [0.5, 0.6) is 5.75 Å². The molecule has 0 atom stereocenters. The summed E-state index contributed by atoms with van der Waals surface area (Å²) in [6.07, 6.45) is 2.45. The van der Waals surface area contributed by atoms with E-state index < -0.39 is 4.92 Å². The zero-order valence-corrected chi connectivity index (χ0v) is 19.7. The van der Waals surface area contributed by atoms with Crippen molar-refractivity contribution in [3.05, 3.63) is 51.1 Å². The maximum Gasteiger partial charge on any atom is 0.284 e. The van der Waals surface area contributed by atoms with E-state index >= 15 is 0 Å². The molecule has 0 radical (unpaired) electrons. The smallest absolute Gasteiger partial charge is 0.284 e. The molecule has 4 rings (SSSR count). The van der Waals surface area contributed by atoms with Crippen LogP contribution >= 0.6 is 24.0 Å². The molecular weight excluding hydrogens is 466 g/mol. The van der Waals surface area contributed by atoms with Crippen molar-refractivity contribution in [1.82, 2.24) is 9.80 Å². The van der Waals surface area contributed by atoms with Crippen LogP contribution in [0.25, 0.3) is 17.4 Å². The van der Waals surface area contributed by atoms with Gasteiger partial charge >= 0.3 is 0 Å². The summed E-state index contributed by atoms with van der Waals surface area (Å²) in [5, 5.41) is 11.5. The molecule has 2 aliphatic heterocycles. The van der Waals surface area contributed by atoms with E-state index in [1.807, 2.05) is 0 Å². The Balaban J connectivity index is 1.44. The summed E-state index contributed by atoms with van der Waals surface area (Å²) in [6.45, 7) is 4.75. The monoisotopic (exact) mass is 489 g/mol. The number of nitro groups is 1. The number of hydrogen-bond donors (Lipinski definition) is 0. The lowest BCUT2D eigenvalue weighted by atomic mass is 10.1. The zero-order valence-electron chi connectivity index (χ0n) is 18.0. The molecule has 0 unspecified atom stereocenters. The average Bonchev–Trinajstić information content (AvgIpc) is 3.39. The molecule has 0 saturated carbocycles. The molecule has 3 heterocycles. The van der Waals surface area contributed by atoms with E-state index in [0.717, 1.165) is 39.3 Å². The Morgan fingerprint density at radius 3 is 2.76 bits per heavy atom. The predicted octanol–water partition coefficient (Wildman–Crippen LogP) is 3.79. The molecule has 1 aromatic heterocycles.